The Bertz CT molecular complexity index is 1060. The first kappa shape index (κ1) is 22.6. The fraction of sp³-hybridized carbons (Fsp3) is 0.500. The number of aromatic nitrogens is 2. The van der Waals surface area contributed by atoms with E-state index in [-0.39, 0.29) is 16.7 Å². The number of amides is 1. The number of benzene rings is 1. The first-order valence-corrected chi connectivity index (χ1v) is 12.5. The molecule has 2 aliphatic heterocycles. The second-order valence-electron chi connectivity index (χ2n) is 8.44. The van der Waals surface area contributed by atoms with E-state index in [1.807, 2.05) is 11.8 Å². The van der Waals surface area contributed by atoms with Crippen LogP contribution in [0.5, 0.6) is 0 Å². The molecule has 0 unspecified atom stereocenters. The number of allylic oxidation sites excluding steroid dienone is 1. The van der Waals surface area contributed by atoms with Crippen molar-refractivity contribution in [3.63, 3.8) is 0 Å². The highest BCUT2D eigenvalue weighted by Gasteiger charge is 2.30. The van der Waals surface area contributed by atoms with E-state index in [1.54, 1.807) is 40.7 Å². The van der Waals surface area contributed by atoms with Crippen LogP contribution in [0.3, 0.4) is 0 Å². The standard InChI is InChI=1S/C22H29N5O4S/c1-3-4-20(28)26-11-9-18(10-12-26)22-23-21(24-31-22)17-5-7-19(8-6-17)32(29,30)27-15-13-25(2)14-16-27/h3-8,18H,9-16H2,1-2H3/p+1/b4-3+. The van der Waals surface area contributed by atoms with Crippen molar-refractivity contribution < 1.29 is 22.6 Å². The van der Waals surface area contributed by atoms with E-state index in [1.165, 1.54) is 4.90 Å². The van der Waals surface area contributed by atoms with Gasteiger partial charge in [0, 0.05) is 24.6 Å². The lowest BCUT2D eigenvalue weighted by molar-refractivity contribution is -0.883. The van der Waals surface area contributed by atoms with Gasteiger partial charge >= 0.3 is 0 Å². The number of likely N-dealkylation sites (N-methyl/N-ethyl adjacent to an activating group) is 1. The molecule has 2 aliphatic rings. The third kappa shape index (κ3) is 4.77. The quantitative estimate of drug-likeness (QED) is 0.654. The Morgan fingerprint density at radius 2 is 1.78 bits per heavy atom. The van der Waals surface area contributed by atoms with Crippen LogP contribution in [0, 0.1) is 0 Å². The van der Waals surface area contributed by atoms with E-state index in [4.69, 9.17) is 4.52 Å². The highest BCUT2D eigenvalue weighted by atomic mass is 32.2. The summed E-state index contributed by atoms with van der Waals surface area (Å²) in [7, 11) is -1.42. The molecule has 2 fully saturated rings. The highest BCUT2D eigenvalue weighted by Crippen LogP contribution is 2.29. The minimum atomic E-state index is -3.49. The lowest BCUT2D eigenvalue weighted by atomic mass is 9.96. The van der Waals surface area contributed by atoms with Crippen molar-refractivity contribution in [3.05, 3.63) is 42.3 Å². The van der Waals surface area contributed by atoms with Gasteiger partial charge in [-0.2, -0.15) is 9.29 Å². The van der Waals surface area contributed by atoms with E-state index in [0.717, 1.165) is 25.9 Å². The summed E-state index contributed by atoms with van der Waals surface area (Å²) in [5.41, 5.74) is 0.711. The number of quaternary nitrogens is 1. The number of nitrogens with one attached hydrogen (secondary N) is 1. The van der Waals surface area contributed by atoms with Gasteiger partial charge in [-0.25, -0.2) is 8.42 Å². The summed E-state index contributed by atoms with van der Waals surface area (Å²) in [4.78, 5) is 20.0. The highest BCUT2D eigenvalue weighted by molar-refractivity contribution is 7.89. The van der Waals surface area contributed by atoms with Gasteiger partial charge in [-0.1, -0.05) is 11.2 Å². The van der Waals surface area contributed by atoms with E-state index in [0.29, 0.717) is 43.5 Å². The fourth-order valence-electron chi connectivity index (χ4n) is 4.15. The fourth-order valence-corrected chi connectivity index (χ4v) is 5.59. The van der Waals surface area contributed by atoms with Crippen LogP contribution in [0.1, 0.15) is 31.6 Å². The molecule has 10 heteroatoms. The van der Waals surface area contributed by atoms with Crippen LogP contribution in [0.25, 0.3) is 11.4 Å². The molecule has 32 heavy (non-hydrogen) atoms. The van der Waals surface area contributed by atoms with Crippen molar-refractivity contribution in [2.45, 2.75) is 30.6 Å². The van der Waals surface area contributed by atoms with Crippen LogP contribution in [0.2, 0.25) is 0 Å². The molecular weight excluding hydrogens is 430 g/mol. The molecule has 0 bridgehead atoms. The summed E-state index contributed by atoms with van der Waals surface area (Å²) < 4.78 is 32.9. The third-order valence-electron chi connectivity index (χ3n) is 6.23. The molecule has 3 heterocycles. The molecule has 0 atom stereocenters. The van der Waals surface area contributed by atoms with Crippen molar-refractivity contribution in [2.24, 2.45) is 0 Å². The Balaban J connectivity index is 1.41. The van der Waals surface area contributed by atoms with Crippen molar-refractivity contribution in [1.82, 2.24) is 19.3 Å². The second kappa shape index (κ2) is 9.51. The predicted octanol–water partition coefficient (Wildman–Crippen LogP) is 0.538. The van der Waals surface area contributed by atoms with E-state index in [2.05, 4.69) is 17.2 Å². The number of hydrogen-bond acceptors (Lipinski definition) is 6. The van der Waals surface area contributed by atoms with Crippen molar-refractivity contribution in [2.75, 3.05) is 46.3 Å². The molecule has 2 aromatic rings. The number of carbonyl (C=O) groups excluding carboxylic acids is 1. The number of piperidine rings is 1. The molecular formula is C22H30N5O4S+. The summed E-state index contributed by atoms with van der Waals surface area (Å²) in [6.07, 6.45) is 4.88. The first-order valence-electron chi connectivity index (χ1n) is 11.1. The van der Waals surface area contributed by atoms with Gasteiger partial charge in [0.05, 0.1) is 38.1 Å². The molecule has 0 radical (unpaired) electrons. The van der Waals surface area contributed by atoms with Crippen LogP contribution in [-0.2, 0) is 14.8 Å². The maximum Gasteiger partial charge on any atom is 0.246 e. The first-order chi connectivity index (χ1) is 15.4. The third-order valence-corrected chi connectivity index (χ3v) is 8.15. The zero-order valence-corrected chi connectivity index (χ0v) is 19.3. The predicted molar refractivity (Wildman–Crippen MR) is 118 cm³/mol. The molecule has 0 saturated carbocycles. The summed E-state index contributed by atoms with van der Waals surface area (Å²) in [6, 6.07) is 6.66. The van der Waals surface area contributed by atoms with Gasteiger partial charge in [0.15, 0.2) is 0 Å². The molecule has 1 aromatic carbocycles. The molecule has 172 valence electrons. The lowest BCUT2D eigenvalue weighted by Gasteiger charge is -2.29. The average molecular weight is 461 g/mol. The zero-order valence-electron chi connectivity index (χ0n) is 18.5. The number of piperazine rings is 1. The van der Waals surface area contributed by atoms with Crippen LogP contribution in [0.4, 0.5) is 0 Å². The van der Waals surface area contributed by atoms with Gasteiger partial charge in [0.25, 0.3) is 0 Å². The van der Waals surface area contributed by atoms with Crippen LogP contribution >= 0.6 is 0 Å². The minimum Gasteiger partial charge on any atom is -0.339 e. The van der Waals surface area contributed by atoms with E-state index >= 15 is 0 Å². The van der Waals surface area contributed by atoms with Gasteiger partial charge in [-0.15, -0.1) is 0 Å². The van der Waals surface area contributed by atoms with E-state index < -0.39 is 10.0 Å². The topological polar surface area (TPSA) is 101 Å². The molecule has 1 aromatic heterocycles. The Kier molecular flexibility index (Phi) is 6.73. The van der Waals surface area contributed by atoms with Gasteiger partial charge in [0.1, 0.15) is 0 Å². The Morgan fingerprint density at radius 1 is 1.12 bits per heavy atom. The van der Waals surface area contributed by atoms with Crippen molar-refractivity contribution in [1.29, 1.82) is 0 Å². The van der Waals surface area contributed by atoms with Gasteiger partial charge in [-0.05, 0) is 50.1 Å². The maximum atomic E-state index is 12.9. The normalized spacial score (nSPS) is 19.6. The maximum absolute atomic E-state index is 12.9. The van der Waals surface area contributed by atoms with Gasteiger partial charge < -0.3 is 14.3 Å². The lowest BCUT2D eigenvalue weighted by Crippen LogP contribution is -3.12. The number of rotatable bonds is 5. The number of sulfonamides is 1. The molecule has 1 amide bonds. The Labute approximate surface area is 188 Å². The van der Waals surface area contributed by atoms with Crippen LogP contribution in [0.15, 0.2) is 45.8 Å². The van der Waals surface area contributed by atoms with Gasteiger partial charge in [0.2, 0.25) is 27.6 Å². The van der Waals surface area contributed by atoms with Gasteiger partial charge in [-0.3, -0.25) is 4.79 Å². The Hall–Kier alpha value is -2.56. The summed E-state index contributed by atoms with van der Waals surface area (Å²) in [6.45, 7) is 5.83. The molecule has 0 spiro atoms. The minimum absolute atomic E-state index is 0.0324. The number of nitrogens with zero attached hydrogens (tertiary/aromatic N) is 4. The number of carbonyl (C=O) groups is 1. The largest absolute Gasteiger partial charge is 0.339 e. The number of hydrogen-bond donors (Lipinski definition) is 1. The molecule has 2 saturated heterocycles. The molecule has 1 N–H and O–H groups in total. The summed E-state index contributed by atoms with van der Waals surface area (Å²) in [5, 5.41) is 4.09. The van der Waals surface area contributed by atoms with Crippen LogP contribution in [-0.4, -0.2) is 80.0 Å². The molecule has 9 nitrogen and oxygen atoms in total. The second-order valence-corrected chi connectivity index (χ2v) is 10.4. The summed E-state index contributed by atoms with van der Waals surface area (Å²) in [5.74, 6) is 1.16. The molecule has 4 rings (SSSR count). The Morgan fingerprint density at radius 3 is 2.41 bits per heavy atom. The van der Waals surface area contributed by atoms with Crippen LogP contribution < -0.4 is 4.90 Å². The molecule has 0 aliphatic carbocycles. The monoisotopic (exact) mass is 460 g/mol. The number of likely N-dealkylation sites (tertiary alicyclic amines) is 1. The summed E-state index contributed by atoms with van der Waals surface area (Å²) >= 11 is 0. The van der Waals surface area contributed by atoms with Crippen molar-refractivity contribution >= 4 is 15.9 Å². The average Bonchev–Trinajstić information content (AvgIpc) is 3.30. The van der Waals surface area contributed by atoms with Crippen molar-refractivity contribution in [3.8, 4) is 11.4 Å². The van der Waals surface area contributed by atoms with E-state index in [9.17, 15) is 13.2 Å². The smallest absolute Gasteiger partial charge is 0.246 e. The SMILES string of the molecule is C/C=C/C(=O)N1CCC(c2nc(-c3ccc(S(=O)(=O)N4CC[NH+](C)CC4)cc3)no2)CC1. The zero-order chi connectivity index (χ0) is 22.7.